The monoisotopic (exact) mass is 334 g/mol. The average Bonchev–Trinajstić information content (AvgIpc) is 2.41. The first-order valence-electron chi connectivity index (χ1n) is 8.31. The highest BCUT2D eigenvalue weighted by Crippen LogP contribution is 2.50. The van der Waals surface area contributed by atoms with E-state index in [2.05, 4.69) is 0 Å². The van der Waals surface area contributed by atoms with E-state index in [0.29, 0.717) is 12.0 Å². The van der Waals surface area contributed by atoms with Crippen LogP contribution in [0.5, 0.6) is 0 Å². The van der Waals surface area contributed by atoms with Crippen molar-refractivity contribution in [2.45, 2.75) is 65.1 Å². The molecule has 2 unspecified atom stereocenters. The highest BCUT2D eigenvalue weighted by molar-refractivity contribution is 5.81. The number of hydrogen-bond donors (Lipinski definition) is 3. The summed E-state index contributed by atoms with van der Waals surface area (Å²) in [4.78, 5) is 10.6. The van der Waals surface area contributed by atoms with Gasteiger partial charge in [0, 0.05) is 6.08 Å². The fourth-order valence-electron chi connectivity index (χ4n) is 3.29. The third-order valence-corrected chi connectivity index (χ3v) is 4.98. The molecule has 1 saturated carbocycles. The minimum absolute atomic E-state index is 0.415. The summed E-state index contributed by atoms with van der Waals surface area (Å²) in [5.41, 5.74) is -1.33. The molecule has 0 saturated heterocycles. The van der Waals surface area contributed by atoms with Gasteiger partial charge in [-0.2, -0.15) is 0 Å². The van der Waals surface area contributed by atoms with E-state index in [1.54, 1.807) is 32.1 Å². The van der Waals surface area contributed by atoms with Crippen molar-refractivity contribution in [2.24, 2.45) is 5.41 Å². The van der Waals surface area contributed by atoms with Crippen LogP contribution in [0.3, 0.4) is 0 Å². The molecule has 1 aliphatic carbocycles. The maximum absolute atomic E-state index is 11.1. The molecule has 0 aromatic carbocycles. The maximum atomic E-state index is 11.1. The van der Waals surface area contributed by atoms with Gasteiger partial charge in [0.25, 0.3) is 0 Å². The van der Waals surface area contributed by atoms with Gasteiger partial charge in [0.2, 0.25) is 0 Å². The molecule has 0 aromatic rings. The van der Waals surface area contributed by atoms with Gasteiger partial charge in [-0.1, -0.05) is 43.7 Å². The fraction of sp³-hybridized carbons (Fsp3) is 0.550. The van der Waals surface area contributed by atoms with Crippen molar-refractivity contribution >= 4 is 5.97 Å². The standard InChI is InChI=1S/C20H30O4/c1-15(8-6-9-16(2)14-17(21)22)10-13-20(24)18(3,4)11-7-12-19(20,5)23/h6,8-10,13-14,23-24H,7,11-12H2,1-5H3,(H,21,22)/b9-6+,13-10-,15-8+,16-14+. The molecule has 2 atom stereocenters. The molecule has 0 aromatic heterocycles. The van der Waals surface area contributed by atoms with E-state index in [-0.39, 0.29) is 0 Å². The fourth-order valence-corrected chi connectivity index (χ4v) is 3.29. The van der Waals surface area contributed by atoms with E-state index in [1.807, 2.05) is 32.9 Å². The second-order valence-corrected chi connectivity index (χ2v) is 7.61. The summed E-state index contributed by atoms with van der Waals surface area (Å²) in [6.45, 7) is 9.25. The molecule has 4 heteroatoms. The molecular formula is C20H30O4. The Hall–Kier alpha value is -1.65. The number of aliphatic carboxylic acids is 1. The predicted molar refractivity (Wildman–Crippen MR) is 96.6 cm³/mol. The Balaban J connectivity index is 2.95. The third-order valence-electron chi connectivity index (χ3n) is 4.98. The zero-order valence-electron chi connectivity index (χ0n) is 15.3. The van der Waals surface area contributed by atoms with Crippen molar-refractivity contribution in [3.05, 3.63) is 47.6 Å². The third kappa shape index (κ3) is 4.68. The number of aliphatic hydroxyl groups is 2. The highest BCUT2D eigenvalue weighted by atomic mass is 16.4. The Morgan fingerprint density at radius 1 is 1.00 bits per heavy atom. The molecule has 0 spiro atoms. The van der Waals surface area contributed by atoms with Gasteiger partial charge in [-0.25, -0.2) is 4.79 Å². The van der Waals surface area contributed by atoms with E-state index < -0.39 is 22.6 Å². The van der Waals surface area contributed by atoms with Gasteiger partial charge in [-0.15, -0.1) is 0 Å². The van der Waals surface area contributed by atoms with Gasteiger partial charge in [0.1, 0.15) is 5.60 Å². The zero-order chi connectivity index (χ0) is 18.6. The predicted octanol–water partition coefficient (Wildman–Crippen LogP) is 3.77. The molecule has 1 rings (SSSR count). The Morgan fingerprint density at radius 3 is 2.17 bits per heavy atom. The topological polar surface area (TPSA) is 77.8 Å². The first-order chi connectivity index (χ1) is 10.9. The van der Waals surface area contributed by atoms with Crippen LogP contribution >= 0.6 is 0 Å². The lowest BCUT2D eigenvalue weighted by molar-refractivity contribution is -0.194. The molecule has 134 valence electrons. The van der Waals surface area contributed by atoms with Crippen LogP contribution in [0.1, 0.15) is 53.9 Å². The van der Waals surface area contributed by atoms with E-state index in [0.717, 1.165) is 24.5 Å². The summed E-state index contributed by atoms with van der Waals surface area (Å²) in [5, 5.41) is 30.5. The maximum Gasteiger partial charge on any atom is 0.328 e. The molecular weight excluding hydrogens is 304 g/mol. The highest BCUT2D eigenvalue weighted by Gasteiger charge is 2.56. The van der Waals surface area contributed by atoms with Crippen molar-refractivity contribution in [1.82, 2.24) is 0 Å². The zero-order valence-corrected chi connectivity index (χ0v) is 15.3. The van der Waals surface area contributed by atoms with Crippen LogP contribution in [0, 0.1) is 5.41 Å². The Morgan fingerprint density at radius 2 is 1.62 bits per heavy atom. The van der Waals surface area contributed by atoms with Gasteiger partial charge in [0.15, 0.2) is 0 Å². The molecule has 24 heavy (non-hydrogen) atoms. The lowest BCUT2D eigenvalue weighted by Gasteiger charge is -2.53. The van der Waals surface area contributed by atoms with Crippen LogP contribution in [-0.2, 0) is 4.79 Å². The minimum atomic E-state index is -1.30. The molecule has 0 heterocycles. The summed E-state index contributed by atoms with van der Waals surface area (Å²) in [7, 11) is 0. The van der Waals surface area contributed by atoms with Gasteiger partial charge in [0.05, 0.1) is 5.60 Å². The Labute approximate surface area is 144 Å². The smallest absolute Gasteiger partial charge is 0.328 e. The molecule has 1 fully saturated rings. The van der Waals surface area contributed by atoms with Crippen LogP contribution < -0.4 is 0 Å². The van der Waals surface area contributed by atoms with E-state index in [1.165, 1.54) is 0 Å². The van der Waals surface area contributed by atoms with Gasteiger partial charge in [-0.3, -0.25) is 0 Å². The first kappa shape index (κ1) is 20.4. The summed E-state index contributed by atoms with van der Waals surface area (Å²) in [6.07, 6.45) is 12.3. The summed E-state index contributed by atoms with van der Waals surface area (Å²) in [6, 6.07) is 0. The van der Waals surface area contributed by atoms with Crippen LogP contribution in [-0.4, -0.2) is 32.5 Å². The van der Waals surface area contributed by atoms with Crippen molar-refractivity contribution in [3.8, 4) is 0 Å². The molecule has 3 N–H and O–H groups in total. The molecule has 0 aliphatic heterocycles. The average molecular weight is 334 g/mol. The van der Waals surface area contributed by atoms with Crippen molar-refractivity contribution < 1.29 is 20.1 Å². The quantitative estimate of drug-likeness (QED) is 0.528. The van der Waals surface area contributed by atoms with E-state index in [4.69, 9.17) is 5.11 Å². The number of hydrogen-bond acceptors (Lipinski definition) is 3. The molecule has 0 radical (unpaired) electrons. The van der Waals surface area contributed by atoms with Crippen LogP contribution in [0.2, 0.25) is 0 Å². The SMILES string of the molecule is CC(/C=C\C1(O)C(C)(C)CCCC1(C)O)=C\C=C\C(C)=C\C(=O)O. The molecule has 0 bridgehead atoms. The lowest BCUT2D eigenvalue weighted by Crippen LogP contribution is -2.62. The van der Waals surface area contributed by atoms with Crippen LogP contribution in [0.25, 0.3) is 0 Å². The first-order valence-corrected chi connectivity index (χ1v) is 8.31. The van der Waals surface area contributed by atoms with Crippen LogP contribution in [0.4, 0.5) is 0 Å². The van der Waals surface area contributed by atoms with Gasteiger partial charge < -0.3 is 15.3 Å². The summed E-state index contributed by atoms with van der Waals surface area (Å²) in [5.74, 6) is -0.971. The van der Waals surface area contributed by atoms with Crippen molar-refractivity contribution in [1.29, 1.82) is 0 Å². The Bertz CT molecular complexity index is 573. The molecule has 1 aliphatic rings. The summed E-state index contributed by atoms with van der Waals surface area (Å²) >= 11 is 0. The normalized spacial score (nSPS) is 31.8. The number of carbonyl (C=O) groups is 1. The second-order valence-electron chi connectivity index (χ2n) is 7.61. The number of rotatable bonds is 5. The van der Waals surface area contributed by atoms with E-state index >= 15 is 0 Å². The number of carboxylic acids is 1. The number of carboxylic acid groups (broad SMARTS) is 1. The lowest BCUT2D eigenvalue weighted by atomic mass is 9.58. The number of allylic oxidation sites excluding steroid dienone is 6. The van der Waals surface area contributed by atoms with Crippen molar-refractivity contribution in [2.75, 3.05) is 0 Å². The largest absolute Gasteiger partial charge is 0.478 e. The molecule has 0 amide bonds. The van der Waals surface area contributed by atoms with Crippen molar-refractivity contribution in [3.63, 3.8) is 0 Å². The van der Waals surface area contributed by atoms with Gasteiger partial charge in [-0.05, 0) is 57.1 Å². The van der Waals surface area contributed by atoms with Crippen LogP contribution in [0.15, 0.2) is 47.6 Å². The minimum Gasteiger partial charge on any atom is -0.478 e. The second kappa shape index (κ2) is 7.49. The van der Waals surface area contributed by atoms with Gasteiger partial charge >= 0.3 is 5.97 Å². The molecule has 4 nitrogen and oxygen atoms in total. The Kier molecular flexibility index (Phi) is 6.37. The summed E-state index contributed by atoms with van der Waals surface area (Å²) < 4.78 is 0. The van der Waals surface area contributed by atoms with E-state index in [9.17, 15) is 15.0 Å².